The molecule has 0 radical (unpaired) electrons. The summed E-state index contributed by atoms with van der Waals surface area (Å²) in [7, 11) is -0.579. The molecule has 23 heavy (non-hydrogen) atoms. The molecule has 1 saturated heterocycles. The van der Waals surface area contributed by atoms with Gasteiger partial charge in [0.05, 0.1) is 17.1 Å². The summed E-state index contributed by atoms with van der Waals surface area (Å²) in [6.07, 6.45) is 0. The molecular formula is C17H29BN2O3. The number of phenolic OH excluding ortho intramolecular Hbond substituents is 1. The minimum atomic E-state index is -0.579. The van der Waals surface area contributed by atoms with Crippen LogP contribution in [0, 0.1) is 0 Å². The molecule has 6 heteroatoms. The van der Waals surface area contributed by atoms with E-state index in [1.807, 2.05) is 39.8 Å². The molecule has 5 nitrogen and oxygen atoms in total. The fraction of sp³-hybridized carbons (Fsp3) is 0.647. The van der Waals surface area contributed by atoms with Crippen LogP contribution in [0.4, 0.5) is 5.69 Å². The van der Waals surface area contributed by atoms with Crippen LogP contribution in [-0.2, 0) is 9.31 Å². The summed E-state index contributed by atoms with van der Waals surface area (Å²) in [6, 6.07) is 5.60. The van der Waals surface area contributed by atoms with Crippen molar-refractivity contribution in [1.29, 1.82) is 0 Å². The van der Waals surface area contributed by atoms with Gasteiger partial charge in [-0.3, -0.25) is 0 Å². The third kappa shape index (κ3) is 3.34. The van der Waals surface area contributed by atoms with Crippen molar-refractivity contribution < 1.29 is 14.4 Å². The van der Waals surface area contributed by atoms with Crippen LogP contribution < -0.4 is 10.6 Å². The van der Waals surface area contributed by atoms with E-state index in [4.69, 9.17) is 15.0 Å². The second kappa shape index (κ2) is 6.34. The van der Waals surface area contributed by atoms with E-state index in [0.29, 0.717) is 5.56 Å². The number of anilines is 1. The standard InChI is InChI=1S/C17H29BN2O3/c1-7-20(8-2)12-9-10-13(14(21)11-12)15(19)18-22-16(3,4)17(5,6)23-18/h9-11,15,21H,7-8,19H2,1-6H3/t15-/m0/s1. The Labute approximate surface area is 139 Å². The average molecular weight is 320 g/mol. The summed E-state index contributed by atoms with van der Waals surface area (Å²) in [5.74, 6) is -0.363. The molecule has 2 rings (SSSR count). The van der Waals surface area contributed by atoms with Crippen molar-refractivity contribution in [1.82, 2.24) is 0 Å². The third-order valence-corrected chi connectivity index (χ3v) is 5.07. The van der Waals surface area contributed by atoms with Gasteiger partial charge in [-0.2, -0.15) is 0 Å². The lowest BCUT2D eigenvalue weighted by atomic mass is 9.74. The molecule has 128 valence electrons. The number of phenols is 1. The van der Waals surface area contributed by atoms with Gasteiger partial charge in [-0.05, 0) is 47.6 Å². The minimum Gasteiger partial charge on any atom is -0.508 e. The summed E-state index contributed by atoms with van der Waals surface area (Å²) < 4.78 is 12.0. The summed E-state index contributed by atoms with van der Waals surface area (Å²) in [5, 5.41) is 10.4. The Bertz CT molecular complexity index is 543. The molecule has 0 unspecified atom stereocenters. The Morgan fingerprint density at radius 3 is 2.09 bits per heavy atom. The van der Waals surface area contributed by atoms with Crippen molar-refractivity contribution in [2.45, 2.75) is 58.7 Å². The zero-order valence-corrected chi connectivity index (χ0v) is 15.1. The number of nitrogens with zero attached hydrogens (tertiary/aromatic N) is 1. The predicted molar refractivity (Wildman–Crippen MR) is 94.7 cm³/mol. The quantitative estimate of drug-likeness (QED) is 0.817. The Kier molecular flexibility index (Phi) is 4.99. The smallest absolute Gasteiger partial charge is 0.480 e. The molecule has 1 aliphatic heterocycles. The second-order valence-electron chi connectivity index (χ2n) is 7.07. The topological polar surface area (TPSA) is 68.0 Å². The first kappa shape index (κ1) is 18.1. The highest BCUT2D eigenvalue weighted by Crippen LogP contribution is 2.41. The van der Waals surface area contributed by atoms with E-state index in [1.165, 1.54) is 0 Å². The Morgan fingerprint density at radius 2 is 1.65 bits per heavy atom. The molecule has 0 saturated carbocycles. The van der Waals surface area contributed by atoms with Crippen LogP contribution in [-0.4, -0.2) is 36.5 Å². The van der Waals surface area contributed by atoms with Crippen LogP contribution in [0.25, 0.3) is 0 Å². The average Bonchev–Trinajstić information content (AvgIpc) is 2.68. The van der Waals surface area contributed by atoms with Crippen LogP contribution in [0.2, 0.25) is 0 Å². The van der Waals surface area contributed by atoms with Gasteiger partial charge < -0.3 is 25.0 Å². The van der Waals surface area contributed by atoms with Crippen molar-refractivity contribution in [2.75, 3.05) is 18.0 Å². The van der Waals surface area contributed by atoms with Gasteiger partial charge in [-0.1, -0.05) is 6.07 Å². The lowest BCUT2D eigenvalue weighted by Crippen LogP contribution is -2.41. The zero-order chi connectivity index (χ0) is 17.4. The van der Waals surface area contributed by atoms with Crippen molar-refractivity contribution in [3.05, 3.63) is 23.8 Å². The molecule has 0 spiro atoms. The minimum absolute atomic E-state index is 0.177. The van der Waals surface area contributed by atoms with Crippen molar-refractivity contribution in [3.63, 3.8) is 0 Å². The van der Waals surface area contributed by atoms with Gasteiger partial charge in [-0.15, -0.1) is 0 Å². The van der Waals surface area contributed by atoms with Gasteiger partial charge in [0.25, 0.3) is 0 Å². The Morgan fingerprint density at radius 1 is 1.13 bits per heavy atom. The van der Waals surface area contributed by atoms with Crippen molar-refractivity contribution in [2.24, 2.45) is 5.73 Å². The van der Waals surface area contributed by atoms with Gasteiger partial charge in [0.2, 0.25) is 0 Å². The molecule has 1 atom stereocenters. The monoisotopic (exact) mass is 320 g/mol. The lowest BCUT2D eigenvalue weighted by molar-refractivity contribution is 0.00578. The highest BCUT2D eigenvalue weighted by atomic mass is 16.7. The molecule has 1 heterocycles. The largest absolute Gasteiger partial charge is 0.508 e. The number of hydrogen-bond acceptors (Lipinski definition) is 5. The van der Waals surface area contributed by atoms with Crippen molar-refractivity contribution in [3.8, 4) is 5.75 Å². The molecule has 0 amide bonds. The van der Waals surface area contributed by atoms with Crippen LogP contribution in [0.15, 0.2) is 18.2 Å². The number of hydrogen-bond donors (Lipinski definition) is 2. The fourth-order valence-electron chi connectivity index (χ4n) is 2.78. The maximum atomic E-state index is 10.4. The molecule has 1 aromatic rings. The highest BCUT2D eigenvalue weighted by Gasteiger charge is 2.53. The maximum Gasteiger partial charge on any atom is 0.480 e. The molecule has 1 aliphatic rings. The predicted octanol–water partition coefficient (Wildman–Crippen LogP) is 2.87. The van der Waals surface area contributed by atoms with Crippen LogP contribution in [0.1, 0.15) is 53.0 Å². The SMILES string of the molecule is CCN(CC)c1ccc([C@H](N)B2OC(C)(C)C(C)(C)O2)c(O)c1. The molecule has 0 bridgehead atoms. The molecular weight excluding hydrogens is 291 g/mol. The number of rotatable bonds is 5. The summed E-state index contributed by atoms with van der Waals surface area (Å²) >= 11 is 0. The van der Waals surface area contributed by atoms with Crippen LogP contribution >= 0.6 is 0 Å². The molecule has 0 aliphatic carbocycles. The van der Waals surface area contributed by atoms with Crippen molar-refractivity contribution >= 4 is 12.8 Å². The fourth-order valence-corrected chi connectivity index (χ4v) is 2.78. The Hall–Kier alpha value is -1.24. The van der Waals surface area contributed by atoms with Gasteiger partial charge >= 0.3 is 7.12 Å². The van der Waals surface area contributed by atoms with Gasteiger partial charge in [0.15, 0.2) is 0 Å². The van der Waals surface area contributed by atoms with E-state index in [-0.39, 0.29) is 5.75 Å². The second-order valence-corrected chi connectivity index (χ2v) is 7.07. The maximum absolute atomic E-state index is 10.4. The molecule has 3 N–H and O–H groups in total. The highest BCUT2D eigenvalue weighted by molar-refractivity contribution is 6.47. The van der Waals surface area contributed by atoms with E-state index < -0.39 is 24.3 Å². The van der Waals surface area contributed by atoms with Crippen LogP contribution in [0.5, 0.6) is 5.75 Å². The van der Waals surface area contributed by atoms with E-state index in [9.17, 15) is 5.11 Å². The van der Waals surface area contributed by atoms with Gasteiger partial charge in [-0.25, -0.2) is 0 Å². The summed E-state index contributed by atoms with van der Waals surface area (Å²) in [6.45, 7) is 13.9. The normalized spacial score (nSPS) is 20.6. The first-order valence-electron chi connectivity index (χ1n) is 8.32. The number of aromatic hydroxyl groups is 1. The van der Waals surface area contributed by atoms with E-state index in [2.05, 4.69) is 18.7 Å². The van der Waals surface area contributed by atoms with E-state index in [1.54, 1.807) is 6.07 Å². The first-order chi connectivity index (χ1) is 10.6. The molecule has 0 aromatic heterocycles. The summed E-state index contributed by atoms with van der Waals surface area (Å²) in [4.78, 5) is 2.17. The van der Waals surface area contributed by atoms with Gasteiger partial charge in [0, 0.05) is 30.4 Å². The van der Waals surface area contributed by atoms with E-state index in [0.717, 1.165) is 18.8 Å². The lowest BCUT2D eigenvalue weighted by Gasteiger charge is -2.32. The number of nitrogens with two attached hydrogens (primary N) is 1. The van der Waals surface area contributed by atoms with Crippen LogP contribution in [0.3, 0.4) is 0 Å². The molecule has 1 fully saturated rings. The third-order valence-electron chi connectivity index (χ3n) is 5.07. The first-order valence-corrected chi connectivity index (χ1v) is 8.32. The number of benzene rings is 1. The van der Waals surface area contributed by atoms with Gasteiger partial charge in [0.1, 0.15) is 5.75 Å². The Balaban J connectivity index is 2.23. The zero-order valence-electron chi connectivity index (χ0n) is 15.1. The molecule has 1 aromatic carbocycles. The van der Waals surface area contributed by atoms with E-state index >= 15 is 0 Å². The summed E-state index contributed by atoms with van der Waals surface area (Å²) in [5.41, 5.74) is 7.06.